The first-order valence-corrected chi connectivity index (χ1v) is 12.7. The molecule has 6 rings (SSSR count). The summed E-state index contributed by atoms with van der Waals surface area (Å²) < 4.78 is 17.7. The Morgan fingerprint density at radius 3 is 2.27 bits per heavy atom. The molecular weight excluding hydrogens is 467 g/mol. The van der Waals surface area contributed by atoms with E-state index in [-0.39, 0.29) is 17.6 Å². The van der Waals surface area contributed by atoms with Crippen molar-refractivity contribution in [1.29, 1.82) is 0 Å². The summed E-state index contributed by atoms with van der Waals surface area (Å²) >= 11 is 0. The monoisotopic (exact) mass is 496 g/mol. The molecule has 0 unspecified atom stereocenters. The Morgan fingerprint density at radius 1 is 0.919 bits per heavy atom. The molecule has 37 heavy (non-hydrogen) atoms. The van der Waals surface area contributed by atoms with Crippen LogP contribution in [0.3, 0.4) is 0 Å². The number of rotatable bonds is 6. The number of fused-ring (bicyclic) bond motifs is 2. The lowest BCUT2D eigenvalue weighted by molar-refractivity contribution is -0.125. The van der Waals surface area contributed by atoms with Gasteiger partial charge in [-0.2, -0.15) is 0 Å². The van der Waals surface area contributed by atoms with Crippen LogP contribution in [0.5, 0.6) is 0 Å². The van der Waals surface area contributed by atoms with Gasteiger partial charge in [-0.3, -0.25) is 4.79 Å². The van der Waals surface area contributed by atoms with Gasteiger partial charge in [0.15, 0.2) is 0 Å². The van der Waals surface area contributed by atoms with Gasteiger partial charge in [0.05, 0.1) is 35.2 Å². The molecule has 1 N–H and O–H groups in total. The minimum Gasteiger partial charge on any atom is -0.349 e. The van der Waals surface area contributed by atoms with Crippen LogP contribution in [0, 0.1) is 11.7 Å². The molecule has 0 radical (unpaired) electrons. The van der Waals surface area contributed by atoms with Crippen LogP contribution in [-0.4, -0.2) is 38.1 Å². The number of halogens is 1. The van der Waals surface area contributed by atoms with Gasteiger partial charge in [-0.15, -0.1) is 0 Å². The van der Waals surface area contributed by atoms with Gasteiger partial charge in [0.2, 0.25) is 11.9 Å². The van der Waals surface area contributed by atoms with Gasteiger partial charge >= 0.3 is 0 Å². The number of aryl methyl sites for hydroxylation is 1. The molecule has 1 fully saturated rings. The normalized spacial score (nSPS) is 14.5. The highest BCUT2D eigenvalue weighted by Crippen LogP contribution is 2.28. The number of anilines is 1. The van der Waals surface area contributed by atoms with E-state index in [4.69, 9.17) is 4.98 Å². The number of imidazole rings is 2. The highest BCUT2D eigenvalue weighted by molar-refractivity contribution is 5.81. The standard InChI is InChI=1S/C29H29FN6O/c1-34-25-8-4-2-6-23(25)32-27(34)18-31-28(37)21-14-16-35(17-15-21)29-33-24-7-3-5-9-26(24)36(29)19-20-10-12-22(30)13-11-20/h2-13,21H,14-19H2,1H3,(H,31,37). The Kier molecular flexibility index (Phi) is 6.08. The molecule has 188 valence electrons. The number of carbonyl (C=O) groups is 1. The zero-order valence-corrected chi connectivity index (χ0v) is 20.8. The highest BCUT2D eigenvalue weighted by atomic mass is 19.1. The van der Waals surface area contributed by atoms with E-state index >= 15 is 0 Å². The summed E-state index contributed by atoms with van der Waals surface area (Å²) in [5, 5.41) is 3.10. The number of hydrogen-bond acceptors (Lipinski definition) is 4. The van der Waals surface area contributed by atoms with Crippen molar-refractivity contribution in [1.82, 2.24) is 24.4 Å². The molecule has 2 aromatic heterocycles. The fourth-order valence-corrected chi connectivity index (χ4v) is 5.24. The smallest absolute Gasteiger partial charge is 0.223 e. The van der Waals surface area contributed by atoms with E-state index in [2.05, 4.69) is 25.8 Å². The van der Waals surface area contributed by atoms with Gasteiger partial charge in [-0.25, -0.2) is 14.4 Å². The van der Waals surface area contributed by atoms with Crippen LogP contribution in [0.1, 0.15) is 24.2 Å². The molecule has 1 aliphatic heterocycles. The second-order valence-corrected chi connectivity index (χ2v) is 9.67. The van der Waals surface area contributed by atoms with Gasteiger partial charge in [-0.05, 0) is 54.8 Å². The van der Waals surface area contributed by atoms with Gasteiger partial charge in [0, 0.05) is 26.1 Å². The number of hydrogen-bond donors (Lipinski definition) is 1. The van der Waals surface area contributed by atoms with E-state index in [1.807, 2.05) is 66.2 Å². The molecule has 7 nitrogen and oxygen atoms in total. The highest BCUT2D eigenvalue weighted by Gasteiger charge is 2.28. The van der Waals surface area contributed by atoms with Gasteiger partial charge < -0.3 is 19.4 Å². The number of nitrogens with zero attached hydrogens (tertiary/aromatic N) is 5. The summed E-state index contributed by atoms with van der Waals surface area (Å²) in [7, 11) is 1.98. The van der Waals surface area contributed by atoms with Crippen LogP contribution in [0.25, 0.3) is 22.1 Å². The summed E-state index contributed by atoms with van der Waals surface area (Å²) in [6.45, 7) is 2.51. The Hall–Kier alpha value is -4.20. The maximum Gasteiger partial charge on any atom is 0.223 e. The molecule has 1 saturated heterocycles. The van der Waals surface area contributed by atoms with E-state index in [1.165, 1.54) is 12.1 Å². The lowest BCUT2D eigenvalue weighted by Crippen LogP contribution is -2.41. The first kappa shape index (κ1) is 23.2. The SMILES string of the molecule is Cn1c(CNC(=O)C2CCN(c3nc4ccccc4n3Cc3ccc(F)cc3)CC2)nc2ccccc21. The van der Waals surface area contributed by atoms with Crippen molar-refractivity contribution < 1.29 is 9.18 Å². The molecule has 1 aliphatic rings. The third-order valence-corrected chi connectivity index (χ3v) is 7.34. The maximum absolute atomic E-state index is 13.4. The topological polar surface area (TPSA) is 68.0 Å². The Bertz CT molecular complexity index is 1560. The molecule has 0 aliphatic carbocycles. The molecule has 0 bridgehead atoms. The van der Waals surface area contributed by atoms with Gasteiger partial charge in [0.25, 0.3) is 0 Å². The summed E-state index contributed by atoms with van der Waals surface area (Å²) in [5.74, 6) is 1.54. The van der Waals surface area contributed by atoms with Crippen LogP contribution < -0.4 is 10.2 Å². The van der Waals surface area contributed by atoms with Crippen LogP contribution in [0.4, 0.5) is 10.3 Å². The second-order valence-electron chi connectivity index (χ2n) is 9.67. The van der Waals surface area contributed by atoms with Crippen LogP contribution in [0.2, 0.25) is 0 Å². The van der Waals surface area contributed by atoms with Gasteiger partial charge in [0.1, 0.15) is 11.6 Å². The summed E-state index contributed by atoms with van der Waals surface area (Å²) in [6.07, 6.45) is 1.52. The van der Waals surface area contributed by atoms with E-state index < -0.39 is 0 Å². The summed E-state index contributed by atoms with van der Waals surface area (Å²) in [5.41, 5.74) is 4.99. The molecule has 5 aromatic rings. The largest absolute Gasteiger partial charge is 0.349 e. The van der Waals surface area contributed by atoms with Crippen LogP contribution in [-0.2, 0) is 24.9 Å². The summed E-state index contributed by atoms with van der Waals surface area (Å²) in [6, 6.07) is 22.7. The van der Waals surface area contributed by atoms with E-state index in [0.717, 1.165) is 65.3 Å². The molecule has 1 amide bonds. The zero-order valence-electron chi connectivity index (χ0n) is 20.8. The van der Waals surface area contributed by atoms with Crippen molar-refractivity contribution in [2.24, 2.45) is 13.0 Å². The number of aromatic nitrogens is 4. The minimum atomic E-state index is -0.240. The third-order valence-electron chi connectivity index (χ3n) is 7.34. The first-order chi connectivity index (χ1) is 18.1. The Morgan fingerprint density at radius 2 is 1.57 bits per heavy atom. The van der Waals surface area contributed by atoms with E-state index in [0.29, 0.717) is 13.1 Å². The quantitative estimate of drug-likeness (QED) is 0.372. The fraction of sp³-hybridized carbons (Fsp3) is 0.276. The van der Waals surface area contributed by atoms with Gasteiger partial charge in [-0.1, -0.05) is 36.4 Å². The number of carbonyl (C=O) groups excluding carboxylic acids is 1. The Balaban J connectivity index is 1.14. The first-order valence-electron chi connectivity index (χ1n) is 12.7. The minimum absolute atomic E-state index is 0.0409. The lowest BCUT2D eigenvalue weighted by atomic mass is 9.96. The van der Waals surface area contributed by atoms with Crippen molar-refractivity contribution in [3.05, 3.63) is 90.0 Å². The molecule has 3 aromatic carbocycles. The number of nitrogens with one attached hydrogen (secondary N) is 1. The predicted octanol–water partition coefficient (Wildman–Crippen LogP) is 4.64. The maximum atomic E-state index is 13.4. The van der Waals surface area contributed by atoms with Crippen molar-refractivity contribution in [2.45, 2.75) is 25.9 Å². The molecule has 8 heteroatoms. The van der Waals surface area contributed by atoms with Crippen molar-refractivity contribution in [3.8, 4) is 0 Å². The Labute approximate surface area is 214 Å². The van der Waals surface area contributed by atoms with Crippen LogP contribution in [0.15, 0.2) is 72.8 Å². The molecular formula is C29H29FN6O. The lowest BCUT2D eigenvalue weighted by Gasteiger charge is -2.32. The third kappa shape index (κ3) is 4.55. The van der Waals surface area contributed by atoms with Crippen molar-refractivity contribution in [3.63, 3.8) is 0 Å². The van der Waals surface area contributed by atoms with E-state index in [9.17, 15) is 9.18 Å². The molecule has 0 spiro atoms. The predicted molar refractivity (Wildman–Crippen MR) is 143 cm³/mol. The van der Waals surface area contributed by atoms with Crippen molar-refractivity contribution in [2.75, 3.05) is 18.0 Å². The second kappa shape index (κ2) is 9.69. The number of benzene rings is 3. The molecule has 0 atom stereocenters. The molecule has 0 saturated carbocycles. The average Bonchev–Trinajstić information content (AvgIpc) is 3.46. The van der Waals surface area contributed by atoms with Crippen molar-refractivity contribution >= 4 is 33.9 Å². The summed E-state index contributed by atoms with van der Waals surface area (Å²) in [4.78, 5) is 24.9. The number of amides is 1. The molecule has 3 heterocycles. The number of para-hydroxylation sites is 4. The number of piperidine rings is 1. The van der Waals surface area contributed by atoms with E-state index in [1.54, 1.807) is 0 Å². The fourth-order valence-electron chi connectivity index (χ4n) is 5.24. The zero-order chi connectivity index (χ0) is 25.4. The average molecular weight is 497 g/mol. The van der Waals surface area contributed by atoms with Crippen LogP contribution >= 0.6 is 0 Å².